The van der Waals surface area contributed by atoms with E-state index in [-0.39, 0.29) is 159 Å². The van der Waals surface area contributed by atoms with Gasteiger partial charge in [-0.3, -0.25) is 73.1 Å². The summed E-state index contributed by atoms with van der Waals surface area (Å²) in [6, 6.07) is -12.8. The van der Waals surface area contributed by atoms with Gasteiger partial charge < -0.3 is 134 Å². The van der Waals surface area contributed by atoms with Crippen LogP contribution >= 0.6 is 0 Å². The maximum absolute atomic E-state index is 14.6. The van der Waals surface area contributed by atoms with Crippen molar-refractivity contribution in [3.63, 3.8) is 0 Å². The Morgan fingerprint density at radius 2 is 0.576 bits per heavy atom. The molecule has 0 fully saturated rings. The fourth-order valence-electron chi connectivity index (χ4n) is 8.51. The molecule has 40 nitrogen and oxygen atoms in total. The van der Waals surface area contributed by atoms with Crippen molar-refractivity contribution in [2.75, 3.05) is 45.8 Å². The second kappa shape index (κ2) is 46.3. The van der Waals surface area contributed by atoms with Crippen LogP contribution in [0, 0.1) is 5.92 Å². The molecule has 39 N–H and O–H groups in total. The second-order valence-electron chi connectivity index (χ2n) is 21.6. The van der Waals surface area contributed by atoms with E-state index < -0.39 is 132 Å². The first kappa shape index (κ1) is 82.2. The summed E-state index contributed by atoms with van der Waals surface area (Å²) in [4.78, 5) is 161. The summed E-state index contributed by atoms with van der Waals surface area (Å²) in [5.41, 5.74) is 83.2. The lowest BCUT2D eigenvalue weighted by atomic mass is 10.0. The Morgan fingerprint density at radius 1 is 0.326 bits per heavy atom. The lowest BCUT2D eigenvalue weighted by Gasteiger charge is -2.28. The van der Waals surface area contributed by atoms with E-state index in [1.54, 1.807) is 13.8 Å². The number of rotatable bonds is 49. The molecule has 0 saturated carbocycles. The van der Waals surface area contributed by atoms with Crippen LogP contribution in [0.1, 0.15) is 123 Å². The monoisotopic (exact) mass is 1310 g/mol. The largest absolute Gasteiger partial charge is 0.480 e. The van der Waals surface area contributed by atoms with Crippen molar-refractivity contribution in [2.45, 2.75) is 177 Å². The molecule has 0 aromatic rings. The molecule has 0 heterocycles. The van der Waals surface area contributed by atoms with Crippen LogP contribution in [0.15, 0.2) is 30.0 Å². The van der Waals surface area contributed by atoms with Gasteiger partial charge in [-0.25, -0.2) is 4.79 Å². The zero-order valence-corrected chi connectivity index (χ0v) is 52.6. The molecule has 40 heteroatoms. The van der Waals surface area contributed by atoms with Gasteiger partial charge in [0.25, 0.3) is 0 Å². The van der Waals surface area contributed by atoms with Gasteiger partial charge in [0.2, 0.25) is 53.2 Å². The molecule has 522 valence electrons. The molecule has 0 aliphatic heterocycles. The van der Waals surface area contributed by atoms with E-state index in [4.69, 9.17) is 86.0 Å². The number of nitrogens with two attached hydrogens (primary N) is 15. The Kier molecular flexibility index (Phi) is 41.4. The fourth-order valence-corrected chi connectivity index (χ4v) is 8.51. The number of unbranched alkanes of at least 4 members (excludes halogenated alkanes) is 1. The summed E-state index contributed by atoms with van der Waals surface area (Å²) in [6.07, 6.45) is -0.293. The van der Waals surface area contributed by atoms with Gasteiger partial charge in [0.05, 0.1) is 6.04 Å². The van der Waals surface area contributed by atoms with Gasteiger partial charge in [0.15, 0.2) is 35.8 Å². The number of carboxylic acids is 1. The molecule has 0 spiro atoms. The van der Waals surface area contributed by atoms with Crippen LogP contribution < -0.4 is 129 Å². The lowest BCUT2D eigenvalue weighted by molar-refractivity contribution is -0.142. The standard InChI is InChI=1S/C52H103N29O11/c1-27(2)37(81-38(83)28(54)11-5-21-68-47(56)57)45(90)79-29(12-3-4-20-53)39(84)74-30(13-6-22-69-48(58)59)40(85)75-32(15-8-24-71-50(62)63)42(87)78-34(18-19-36(55)82)44(89)77-31(14-7-23-70-49(60)61)41(86)76-33(16-9-25-72-51(64)65)43(88)80-35(46(91)92)17-10-26-73-52(66)67/h27-35,37H,3-26,53-54H2,1-2H3,(H2,55,82)(H,74,84)(H,75,85)(H,76,86)(H,77,89)(H,78,87)(H,79,90)(H,80,88)(H,81,83)(H,91,92)(H4,56,57,68)(H4,58,59,69)(H4,60,61,70)(H4,62,63,71)(H4,64,65,72)(H4,66,67,73)/t28-,29+,30+,31+,32-,33+,34+,35-,37+/m1/s1. The highest BCUT2D eigenvalue weighted by atomic mass is 16.4. The molecule has 0 aromatic carbocycles. The topological polar surface area (TPSA) is 752 Å². The third kappa shape index (κ3) is 38.6. The van der Waals surface area contributed by atoms with Crippen LogP contribution in [0.5, 0.6) is 0 Å². The van der Waals surface area contributed by atoms with Gasteiger partial charge in [-0.05, 0) is 115 Å². The molecule has 0 aliphatic carbocycles. The second-order valence-corrected chi connectivity index (χ2v) is 21.6. The average molecular weight is 1310 g/mol. The summed E-state index contributed by atoms with van der Waals surface area (Å²) in [6.45, 7) is 3.61. The highest BCUT2D eigenvalue weighted by Gasteiger charge is 2.36. The highest BCUT2D eigenvalue weighted by Crippen LogP contribution is 2.12. The SMILES string of the molecule is CC(C)[C@H](NC(=O)[C@H](N)CCCN=C(N)N)C(=O)N[C@@H](CCCCN)C(=O)N[C@@H](CCCN=C(N)N)C(=O)N[C@H](CCCN=C(N)N)C(=O)N[C@@H](CCC(N)=O)C(=O)N[C@@H](CCCN=C(N)N)C(=O)N[C@@H](CCCN=C(N)N)C(=O)N[C@H](CCCN=C(N)N)C(=O)O. The van der Waals surface area contributed by atoms with Crippen molar-refractivity contribution >= 4 is 94.9 Å². The number of amides is 9. The smallest absolute Gasteiger partial charge is 0.326 e. The molecule has 0 unspecified atom stereocenters. The first-order valence-corrected chi connectivity index (χ1v) is 30.0. The number of nitrogens with one attached hydrogen (secondary N) is 8. The normalized spacial score (nSPS) is 13.7. The molecule has 9 atom stereocenters. The van der Waals surface area contributed by atoms with Gasteiger partial charge in [-0.15, -0.1) is 0 Å². The lowest BCUT2D eigenvalue weighted by Crippen LogP contribution is -2.60. The van der Waals surface area contributed by atoms with Crippen molar-refractivity contribution in [1.82, 2.24) is 42.5 Å². The number of carbonyl (C=O) groups excluding carboxylic acids is 9. The van der Waals surface area contributed by atoms with Crippen LogP contribution in [0.25, 0.3) is 0 Å². The van der Waals surface area contributed by atoms with Crippen molar-refractivity contribution < 1.29 is 53.1 Å². The Labute approximate surface area is 534 Å². The predicted octanol–water partition coefficient (Wildman–Crippen LogP) is -10.4. The maximum Gasteiger partial charge on any atom is 0.326 e. The quantitative estimate of drug-likeness (QED) is 0.0153. The van der Waals surface area contributed by atoms with Crippen LogP contribution in [0.2, 0.25) is 0 Å². The molecule has 0 aromatic heterocycles. The van der Waals surface area contributed by atoms with E-state index in [0.717, 1.165) is 0 Å². The third-order valence-electron chi connectivity index (χ3n) is 13.3. The average Bonchev–Trinajstić information content (AvgIpc) is 0.977. The zero-order chi connectivity index (χ0) is 69.9. The number of hydrogen-bond donors (Lipinski definition) is 24. The summed E-state index contributed by atoms with van der Waals surface area (Å²) in [5, 5.41) is 30.6. The van der Waals surface area contributed by atoms with Crippen LogP contribution in [-0.2, 0) is 47.9 Å². The molecule has 0 rings (SSSR count). The molecule has 92 heavy (non-hydrogen) atoms. The Hall–Kier alpha value is -9.76. The number of aliphatic imine (C=N–C) groups is 6. The number of hydrogen-bond acceptors (Lipinski definition) is 18. The van der Waals surface area contributed by atoms with E-state index in [9.17, 15) is 53.1 Å². The van der Waals surface area contributed by atoms with Crippen LogP contribution in [0.3, 0.4) is 0 Å². The minimum absolute atomic E-state index is 0.0109. The first-order valence-electron chi connectivity index (χ1n) is 30.0. The summed E-state index contributed by atoms with van der Waals surface area (Å²) < 4.78 is 0. The fraction of sp³-hybridized carbons (Fsp3) is 0.692. The molecule has 0 aliphatic rings. The number of carboxylic acid groups (broad SMARTS) is 1. The highest BCUT2D eigenvalue weighted by molar-refractivity contribution is 5.98. The van der Waals surface area contributed by atoms with Gasteiger partial charge in [0.1, 0.15) is 48.3 Å². The Bertz CT molecular complexity index is 2540. The Balaban J connectivity index is 7.40. The summed E-state index contributed by atoms with van der Waals surface area (Å²) in [7, 11) is 0. The maximum atomic E-state index is 14.6. The van der Waals surface area contributed by atoms with Crippen molar-refractivity contribution in [3.8, 4) is 0 Å². The van der Waals surface area contributed by atoms with Gasteiger partial charge in [-0.2, -0.15) is 0 Å². The van der Waals surface area contributed by atoms with E-state index in [2.05, 4.69) is 72.5 Å². The number of aliphatic carboxylic acids is 1. The molecule has 0 radical (unpaired) electrons. The molecule has 0 bridgehead atoms. The number of nitrogens with zero attached hydrogens (tertiary/aromatic N) is 6. The zero-order valence-electron chi connectivity index (χ0n) is 52.6. The predicted molar refractivity (Wildman–Crippen MR) is 347 cm³/mol. The third-order valence-corrected chi connectivity index (χ3v) is 13.3. The van der Waals surface area contributed by atoms with Gasteiger partial charge in [-0.1, -0.05) is 13.8 Å². The van der Waals surface area contributed by atoms with Gasteiger partial charge in [0, 0.05) is 45.7 Å². The number of carbonyl (C=O) groups is 10. The number of guanidine groups is 6. The molecule has 0 saturated heterocycles. The van der Waals surface area contributed by atoms with Crippen LogP contribution in [0.4, 0.5) is 0 Å². The Morgan fingerprint density at radius 3 is 0.837 bits per heavy atom. The van der Waals surface area contributed by atoms with E-state index in [0.29, 0.717) is 19.3 Å². The minimum atomic E-state index is -1.69. The van der Waals surface area contributed by atoms with E-state index in [1.807, 2.05) is 0 Å². The molecular weight excluding hydrogens is 1210 g/mol. The summed E-state index contributed by atoms with van der Waals surface area (Å²) in [5.74, 6) is -11.6. The molecule has 9 amide bonds. The van der Waals surface area contributed by atoms with E-state index in [1.165, 1.54) is 0 Å². The van der Waals surface area contributed by atoms with Gasteiger partial charge >= 0.3 is 5.97 Å². The minimum Gasteiger partial charge on any atom is -0.480 e. The summed E-state index contributed by atoms with van der Waals surface area (Å²) >= 11 is 0. The van der Waals surface area contributed by atoms with Crippen molar-refractivity contribution in [1.29, 1.82) is 0 Å². The van der Waals surface area contributed by atoms with Crippen molar-refractivity contribution in [2.24, 2.45) is 122 Å². The number of primary amides is 1. The van der Waals surface area contributed by atoms with Crippen molar-refractivity contribution in [3.05, 3.63) is 0 Å². The van der Waals surface area contributed by atoms with E-state index >= 15 is 0 Å². The molecular formula is C52H103N29O11. The first-order chi connectivity index (χ1) is 43.3. The van der Waals surface area contributed by atoms with Crippen LogP contribution in [-0.4, -0.2) is 200 Å².